The number of aromatic nitrogens is 2. The van der Waals surface area contributed by atoms with Crippen LogP contribution in [0.25, 0.3) is 0 Å². The number of fused-ring (bicyclic) bond motifs is 1. The monoisotopic (exact) mass is 2000 g/mol. The minimum atomic E-state index is -1.18. The summed E-state index contributed by atoms with van der Waals surface area (Å²) in [6.07, 6.45) is -0.686. The summed E-state index contributed by atoms with van der Waals surface area (Å²) < 4.78 is 45.8. The molecule has 5 unspecified atom stereocenters. The van der Waals surface area contributed by atoms with Gasteiger partial charge >= 0.3 is 48.4 Å². The van der Waals surface area contributed by atoms with Crippen LogP contribution in [0.3, 0.4) is 0 Å². The Morgan fingerprint density at radius 1 is 0.586 bits per heavy atom. The number of nitrogens with zero attached hydrogens (tertiary/aromatic N) is 12. The Morgan fingerprint density at radius 2 is 1.02 bits per heavy atom. The van der Waals surface area contributed by atoms with Crippen molar-refractivity contribution < 1.29 is 110 Å². The lowest BCUT2D eigenvalue weighted by Crippen LogP contribution is -2.53. The second-order valence-corrected chi connectivity index (χ2v) is 35.8. The molecule has 5 atom stereocenters. The number of piperidine rings is 3. The van der Waals surface area contributed by atoms with Crippen LogP contribution in [0.4, 0.5) is 29.7 Å². The molecule has 0 aliphatic carbocycles. The molecule has 5 amide bonds. The lowest BCUT2D eigenvalue weighted by Gasteiger charge is -2.35. The summed E-state index contributed by atoms with van der Waals surface area (Å²) >= 11 is 10.1. The SMILES string of the molecule is C.CC(=O)O.CC(C)(C)OC(=O)N1CCC(=O)CC1.CC1CN(C(=O)OC(C)(C)C)CCC1=O.CCOC(=O)C(=O)C1CN(C(=O)OC(C)(C)C)CC(C)C1=O.CCOC(=O)C1=NCC2=C1CN(C(=O)OC(C)(C)C)CC2C.CCOC(=O)c1nn(Cc2ccc([N+](=O)[O-])c(C)c2)c2c1CN(C(=O)OC(C)(C)C)CC2C.CI.Cc1ccc(CBr)cc1C.N=NN=NCl. The van der Waals surface area contributed by atoms with E-state index < -0.39 is 86.6 Å². The van der Waals surface area contributed by atoms with Crippen LogP contribution in [0.1, 0.15) is 241 Å². The number of aliphatic carboxylic acids is 1. The van der Waals surface area contributed by atoms with Gasteiger partial charge in [-0.2, -0.15) is 10.6 Å². The first-order valence-corrected chi connectivity index (χ1v) is 45.1. The number of alkyl halides is 2. The Labute approximate surface area is 779 Å². The largest absolute Gasteiger partial charge is 0.481 e. The summed E-state index contributed by atoms with van der Waals surface area (Å²) in [6.45, 7) is 51.6. The van der Waals surface area contributed by atoms with E-state index in [9.17, 15) is 67.6 Å². The highest BCUT2D eigenvalue weighted by Crippen LogP contribution is 2.35. The summed E-state index contributed by atoms with van der Waals surface area (Å²) in [5.74, 6) is -5.38. The van der Waals surface area contributed by atoms with Crippen LogP contribution in [-0.4, -0.2) is 246 Å². The molecule has 2 aromatic carbocycles. The van der Waals surface area contributed by atoms with Crippen LogP contribution >= 0.6 is 50.3 Å². The fourth-order valence-electron chi connectivity index (χ4n) is 12.6. The van der Waals surface area contributed by atoms with E-state index >= 15 is 0 Å². The Balaban J connectivity index is 0.00000152. The number of aryl methyl sites for hydroxylation is 3. The second kappa shape index (κ2) is 55.2. The average molecular weight is 2000 g/mol. The zero-order chi connectivity index (χ0) is 97.7. The first-order valence-electron chi connectivity index (χ1n) is 41.5. The molecule has 9 rings (SSSR count). The molecule has 40 heteroatoms. The number of carbonyl (C=O) groups is 13. The average Bonchev–Trinajstić information content (AvgIpc) is 1.63. The van der Waals surface area contributed by atoms with Crippen LogP contribution in [-0.2, 0) is 89.9 Å². The summed E-state index contributed by atoms with van der Waals surface area (Å²) in [4.78, 5) is 176. The number of benzene rings is 2. The van der Waals surface area contributed by atoms with Gasteiger partial charge in [0.25, 0.3) is 17.4 Å². The molecule has 1 aromatic heterocycles. The number of nitrogens with one attached hydrogen (secondary N) is 1. The number of nitro groups is 1. The second-order valence-electron chi connectivity index (χ2n) is 35.1. The molecule has 6 aliphatic rings. The van der Waals surface area contributed by atoms with Gasteiger partial charge in [-0.15, -0.1) is 0 Å². The molecule has 0 radical (unpaired) electrons. The Hall–Kier alpha value is -9.93. The summed E-state index contributed by atoms with van der Waals surface area (Å²) in [5, 5.41) is 29.1. The number of hydrogen-bond acceptors (Lipinski definition) is 27. The first kappa shape index (κ1) is 118. The number of likely N-dealkylation sites (tertiary alicyclic amines) is 3. The third-order valence-electron chi connectivity index (χ3n) is 18.2. The molecule has 718 valence electrons. The summed E-state index contributed by atoms with van der Waals surface area (Å²) in [6, 6.07) is 11.4. The number of ketones is 4. The molecular formula is C88H136BrClIN13O24. The minimum absolute atomic E-state index is 0. The van der Waals surface area contributed by atoms with E-state index in [0.717, 1.165) is 34.7 Å². The zero-order valence-electron chi connectivity index (χ0n) is 78.6. The normalized spacial score (nSPS) is 17.6. The van der Waals surface area contributed by atoms with Crippen LogP contribution in [0.5, 0.6) is 0 Å². The minimum Gasteiger partial charge on any atom is -0.481 e. The van der Waals surface area contributed by atoms with Gasteiger partial charge in [-0.05, 0) is 201 Å². The molecule has 3 fully saturated rings. The molecule has 3 aromatic rings. The quantitative estimate of drug-likeness (QED) is 0.0196. The fourth-order valence-corrected chi connectivity index (χ4v) is 13.0. The van der Waals surface area contributed by atoms with E-state index in [2.05, 4.69) is 112 Å². The van der Waals surface area contributed by atoms with Gasteiger partial charge in [0, 0.05) is 130 Å². The highest BCUT2D eigenvalue weighted by Gasteiger charge is 2.44. The molecule has 0 spiro atoms. The van der Waals surface area contributed by atoms with Crippen molar-refractivity contribution in [2.24, 2.45) is 43.7 Å². The Bertz CT molecular complexity index is 4390. The van der Waals surface area contributed by atoms with Gasteiger partial charge in [0.2, 0.25) is 0 Å². The van der Waals surface area contributed by atoms with Crippen LogP contribution in [0, 0.1) is 60.1 Å². The van der Waals surface area contributed by atoms with Crippen molar-refractivity contribution in [1.82, 2.24) is 34.3 Å². The highest BCUT2D eigenvalue weighted by atomic mass is 127. The topological polar surface area (TPSA) is 466 Å². The fraction of sp³-hybridized carbons (Fsp3) is 0.648. The lowest BCUT2D eigenvalue weighted by atomic mass is 9.86. The molecule has 37 nitrogen and oxygen atoms in total. The van der Waals surface area contributed by atoms with Gasteiger partial charge in [-0.25, -0.2) is 38.4 Å². The van der Waals surface area contributed by atoms with Crippen molar-refractivity contribution in [3.05, 3.63) is 102 Å². The standard InChI is InChI=1S/C23H30N4O6.C16H24N2O4.C15H23NO6.C11H19NO3.C10H17NO3.C9H11Br.C2H4O2.CH3I.CH4.ClHN4/c1-7-32-21(28)19-17-13-25(22(29)33-23(4,5)6)11-15(3)20(17)26(24-19)12-16-8-9-18(27(30)31)14(2)10-16;1-6-21-14(19)13-12-9-18(15(20)22-16(3,4)5)8-10(2)11(12)7-17-13;1-6-21-13(19)12(18)10-8-16(7-9(2)11(10)17)14(20)22-15(3,4)5;1-8-7-12(6-5-9(8)13)10(14)15-11(2,3)4;1-10(2,3)14-9(13)11-6-4-8(12)5-7-11;1-7-3-4-9(6-10)5-8(7)2;1-2(3)4;1-2;;1-3-5-4-2/h8-10,15H,7,11-13H2,1-6H3;10H,6-9H2,1-5H3;9-10H,6-8H2,1-5H3;8H,5-7H2,1-4H3;4-7H2,1-3H3;3-5H,6H2,1-2H3;1H3,(H,3,4);1H3;1H4;2H. The maximum absolute atomic E-state index is 12.7. The Kier molecular flexibility index (Phi) is 50.9. The number of aliphatic imine (C=N–C) groups is 1. The van der Waals surface area contributed by atoms with Crippen LogP contribution in [0.15, 0.2) is 67.6 Å². The van der Waals surface area contributed by atoms with Gasteiger partial charge < -0.3 is 67.5 Å². The van der Waals surface area contributed by atoms with E-state index in [0.29, 0.717) is 102 Å². The molecule has 0 bridgehead atoms. The van der Waals surface area contributed by atoms with Gasteiger partial charge in [-0.3, -0.25) is 43.8 Å². The van der Waals surface area contributed by atoms with Crippen LogP contribution in [0.2, 0.25) is 0 Å². The van der Waals surface area contributed by atoms with Crippen molar-refractivity contribution in [1.29, 1.82) is 5.53 Å². The number of carboxylic acid groups (broad SMARTS) is 1. The van der Waals surface area contributed by atoms with Crippen molar-refractivity contribution in [2.45, 2.75) is 259 Å². The Morgan fingerprint density at radius 3 is 1.45 bits per heavy atom. The van der Waals surface area contributed by atoms with Crippen molar-refractivity contribution >= 4 is 139 Å². The number of amides is 5. The summed E-state index contributed by atoms with van der Waals surface area (Å²) in [5.41, 5.74) is 12.6. The van der Waals surface area contributed by atoms with E-state index in [1.807, 2.05) is 88.0 Å². The smallest absolute Gasteiger partial charge is 0.410 e. The number of carbonyl (C=O) groups excluding carboxylic acids is 12. The van der Waals surface area contributed by atoms with Gasteiger partial charge in [0.05, 0.1) is 62.7 Å². The van der Waals surface area contributed by atoms with Crippen molar-refractivity contribution in [2.75, 3.05) is 90.2 Å². The maximum atomic E-state index is 12.7. The predicted molar refractivity (Wildman–Crippen MR) is 493 cm³/mol. The van der Waals surface area contributed by atoms with Gasteiger partial charge in [0.1, 0.15) is 57.0 Å². The number of hydrogen-bond donors (Lipinski definition) is 2. The number of rotatable bonds is 12. The maximum Gasteiger partial charge on any atom is 0.410 e. The van der Waals surface area contributed by atoms with E-state index in [1.165, 1.54) is 27.7 Å². The van der Waals surface area contributed by atoms with Gasteiger partial charge in [-0.1, -0.05) is 103 Å². The third-order valence-corrected chi connectivity index (χ3v) is 18.9. The number of carboxylic acids is 1. The molecular weight excluding hydrogens is 1870 g/mol. The molecule has 6 aliphatic heterocycles. The third kappa shape index (κ3) is 42.5. The van der Waals surface area contributed by atoms with Crippen LogP contribution < -0.4 is 0 Å². The number of nitro benzene ring substituents is 1. The highest BCUT2D eigenvalue weighted by molar-refractivity contribution is 14.1. The molecule has 128 heavy (non-hydrogen) atoms. The summed E-state index contributed by atoms with van der Waals surface area (Å²) in [7, 11) is 0. The van der Waals surface area contributed by atoms with Crippen molar-refractivity contribution in [3.63, 3.8) is 0 Å². The lowest BCUT2D eigenvalue weighted by molar-refractivity contribution is -0.385. The first-order chi connectivity index (χ1) is 58.8. The van der Waals surface area contributed by atoms with Gasteiger partial charge in [0.15, 0.2) is 5.69 Å². The molecule has 7 heterocycles. The number of Topliss-reactive ketones (excluding diaryl/α,β-unsaturated/α-hetero) is 4. The number of ether oxygens (including phenoxy) is 8. The number of esters is 3. The van der Waals surface area contributed by atoms with E-state index in [-0.39, 0.29) is 105 Å². The van der Waals surface area contributed by atoms with E-state index in [1.54, 1.807) is 113 Å². The van der Waals surface area contributed by atoms with Crippen molar-refractivity contribution in [3.8, 4) is 0 Å². The zero-order valence-corrected chi connectivity index (χ0v) is 83.1. The molecule has 2 N–H and O–H groups in total. The van der Waals surface area contributed by atoms with E-state index in [4.69, 9.17) is 48.6 Å². The molecule has 3 saturated heterocycles. The molecule has 0 saturated carbocycles. The number of halogens is 3. The predicted octanol–water partition coefficient (Wildman–Crippen LogP) is 17.5.